The lowest BCUT2D eigenvalue weighted by Crippen LogP contribution is -2.53. The van der Waals surface area contributed by atoms with Crippen LogP contribution in [0.1, 0.15) is 69.8 Å². The molecular weight excluding hydrogens is 272 g/mol. The molecule has 0 radical (unpaired) electrons. The first-order chi connectivity index (χ1) is 11.6. The van der Waals surface area contributed by atoms with E-state index in [1.54, 1.807) is 0 Å². The SMILES string of the molecule is [2H]C([2H])([2H])C1=C[C@@]2(C)[C@@H](CC[C@@H]3[C@@H]2CC[C@]2(C)C(=O)CC[C@@H]32)C[C@@H]1O. The number of fused-ring (bicyclic) bond motifs is 5. The molecule has 0 amide bonds. The summed E-state index contributed by atoms with van der Waals surface area (Å²) in [5.74, 6) is 2.24. The predicted octanol–water partition coefficient (Wildman–Crippen LogP) is 4.13. The highest BCUT2D eigenvalue weighted by Gasteiger charge is 2.59. The van der Waals surface area contributed by atoms with Crippen LogP contribution in [0.15, 0.2) is 11.6 Å². The molecule has 0 aromatic heterocycles. The first kappa shape index (κ1) is 11.8. The van der Waals surface area contributed by atoms with Gasteiger partial charge in [0.15, 0.2) is 0 Å². The monoisotopic (exact) mass is 305 g/mol. The summed E-state index contributed by atoms with van der Waals surface area (Å²) in [6.07, 6.45) is 7.54. The van der Waals surface area contributed by atoms with E-state index in [4.69, 9.17) is 4.11 Å². The van der Waals surface area contributed by atoms with Crippen molar-refractivity contribution in [2.45, 2.75) is 71.7 Å². The van der Waals surface area contributed by atoms with Gasteiger partial charge in [-0.25, -0.2) is 0 Å². The van der Waals surface area contributed by atoms with Gasteiger partial charge in [-0.2, -0.15) is 0 Å². The minimum Gasteiger partial charge on any atom is -0.389 e. The fourth-order valence-corrected chi connectivity index (χ4v) is 6.67. The molecule has 2 heteroatoms. The van der Waals surface area contributed by atoms with E-state index >= 15 is 0 Å². The highest BCUT2D eigenvalue weighted by molar-refractivity contribution is 5.87. The molecule has 0 aromatic rings. The third kappa shape index (κ3) is 1.79. The summed E-state index contributed by atoms with van der Waals surface area (Å²) in [6.45, 7) is 2.18. The van der Waals surface area contributed by atoms with Crippen LogP contribution in [0.3, 0.4) is 0 Å². The molecule has 0 spiro atoms. The smallest absolute Gasteiger partial charge is 0.139 e. The second-order valence-electron chi connectivity index (χ2n) is 8.79. The van der Waals surface area contributed by atoms with Gasteiger partial charge in [-0.1, -0.05) is 19.9 Å². The van der Waals surface area contributed by atoms with Crippen molar-refractivity contribution in [3.8, 4) is 0 Å². The van der Waals surface area contributed by atoms with E-state index in [0.717, 1.165) is 38.5 Å². The highest BCUT2D eigenvalue weighted by atomic mass is 16.3. The van der Waals surface area contributed by atoms with Crippen LogP contribution in [0.4, 0.5) is 0 Å². The third-order valence-corrected chi connectivity index (χ3v) is 8.01. The zero-order valence-electron chi connectivity index (χ0n) is 16.8. The molecule has 0 unspecified atom stereocenters. The normalized spacial score (nSPS) is 56.9. The number of Topliss-reactive ketones (excluding diaryl/α,β-unsaturated/α-hetero) is 1. The van der Waals surface area contributed by atoms with Crippen molar-refractivity contribution in [2.75, 3.05) is 0 Å². The van der Waals surface area contributed by atoms with Crippen molar-refractivity contribution in [3.05, 3.63) is 11.6 Å². The summed E-state index contributed by atoms with van der Waals surface area (Å²) in [4.78, 5) is 12.5. The Morgan fingerprint density at radius 3 is 2.82 bits per heavy atom. The minimum atomic E-state index is -2.22. The third-order valence-electron chi connectivity index (χ3n) is 8.01. The zero-order valence-corrected chi connectivity index (χ0v) is 13.8. The molecular formula is C20H30O2. The second kappa shape index (κ2) is 4.69. The molecule has 3 fully saturated rings. The van der Waals surface area contributed by atoms with Crippen LogP contribution < -0.4 is 0 Å². The maximum absolute atomic E-state index is 12.5. The number of hydrogen-bond donors (Lipinski definition) is 1. The molecule has 4 rings (SSSR count). The molecule has 0 aromatic carbocycles. The van der Waals surface area contributed by atoms with Gasteiger partial charge in [-0.05, 0) is 80.0 Å². The minimum absolute atomic E-state index is 0.144. The van der Waals surface area contributed by atoms with Gasteiger partial charge in [0.2, 0.25) is 0 Å². The molecule has 0 bridgehead atoms. The Morgan fingerprint density at radius 2 is 2.05 bits per heavy atom. The van der Waals surface area contributed by atoms with Crippen molar-refractivity contribution in [1.82, 2.24) is 0 Å². The van der Waals surface area contributed by atoms with E-state index < -0.39 is 13.0 Å². The van der Waals surface area contributed by atoms with Gasteiger partial charge < -0.3 is 5.11 Å². The summed E-state index contributed by atoms with van der Waals surface area (Å²) >= 11 is 0. The molecule has 0 aliphatic heterocycles. The van der Waals surface area contributed by atoms with Crippen LogP contribution in [0.2, 0.25) is 0 Å². The molecule has 22 heavy (non-hydrogen) atoms. The molecule has 7 atom stereocenters. The van der Waals surface area contributed by atoms with E-state index in [-0.39, 0.29) is 16.4 Å². The van der Waals surface area contributed by atoms with Crippen LogP contribution in [-0.4, -0.2) is 17.0 Å². The molecule has 1 N–H and O–H groups in total. The Kier molecular flexibility index (Phi) is 2.52. The van der Waals surface area contributed by atoms with Gasteiger partial charge >= 0.3 is 0 Å². The molecule has 3 saturated carbocycles. The lowest BCUT2D eigenvalue weighted by atomic mass is 9.46. The van der Waals surface area contributed by atoms with Crippen molar-refractivity contribution < 1.29 is 14.0 Å². The van der Waals surface area contributed by atoms with Gasteiger partial charge in [0.25, 0.3) is 0 Å². The lowest BCUT2D eigenvalue weighted by molar-refractivity contribution is -0.134. The quantitative estimate of drug-likeness (QED) is 0.683. The Hall–Kier alpha value is -0.630. The van der Waals surface area contributed by atoms with Crippen molar-refractivity contribution >= 4 is 5.78 Å². The van der Waals surface area contributed by atoms with Crippen molar-refractivity contribution in [3.63, 3.8) is 0 Å². The summed E-state index contributed by atoms with van der Waals surface area (Å²) in [7, 11) is 0. The van der Waals surface area contributed by atoms with Crippen LogP contribution in [-0.2, 0) is 4.79 Å². The maximum Gasteiger partial charge on any atom is 0.139 e. The maximum atomic E-state index is 12.5. The van der Waals surface area contributed by atoms with E-state index in [1.165, 1.54) is 0 Å². The fraction of sp³-hybridized carbons (Fsp3) is 0.850. The Balaban J connectivity index is 1.72. The highest BCUT2D eigenvalue weighted by Crippen LogP contribution is 2.64. The summed E-state index contributed by atoms with van der Waals surface area (Å²) in [6, 6.07) is 0. The number of rotatable bonds is 0. The standard InChI is InChI=1S/C20H30O2/c1-12-11-20(3)13(10-17(12)21)4-5-14-15-6-7-18(22)19(15,2)9-8-16(14)20/h11,13-17,21H,4-10H2,1-3H3/t13-,14-,15-,16-,17-,19-,20-/m0/s1/i1D3. The van der Waals surface area contributed by atoms with Crippen LogP contribution >= 0.6 is 0 Å². The number of aliphatic hydroxyl groups is 1. The van der Waals surface area contributed by atoms with E-state index in [0.29, 0.717) is 35.9 Å². The number of aliphatic hydroxyl groups excluding tert-OH is 1. The zero-order chi connectivity index (χ0) is 18.2. The average molecular weight is 305 g/mol. The number of hydrogen-bond acceptors (Lipinski definition) is 2. The van der Waals surface area contributed by atoms with Crippen molar-refractivity contribution in [2.24, 2.45) is 34.5 Å². The number of carbonyl (C=O) groups is 1. The predicted molar refractivity (Wildman–Crippen MR) is 87.3 cm³/mol. The van der Waals surface area contributed by atoms with Gasteiger partial charge in [0.05, 0.1) is 6.10 Å². The largest absolute Gasteiger partial charge is 0.389 e. The van der Waals surface area contributed by atoms with Crippen LogP contribution in [0.25, 0.3) is 0 Å². The number of carbonyl (C=O) groups excluding carboxylic acids is 1. The number of ketones is 1. The molecule has 122 valence electrons. The molecule has 2 nitrogen and oxygen atoms in total. The van der Waals surface area contributed by atoms with Crippen molar-refractivity contribution in [1.29, 1.82) is 0 Å². The fourth-order valence-electron chi connectivity index (χ4n) is 6.67. The molecule has 0 saturated heterocycles. The van der Waals surface area contributed by atoms with Gasteiger partial charge in [-0.3, -0.25) is 4.79 Å². The van der Waals surface area contributed by atoms with Crippen LogP contribution in [0.5, 0.6) is 0 Å². The van der Waals surface area contributed by atoms with Gasteiger partial charge in [0, 0.05) is 15.9 Å². The Bertz CT molecular complexity index is 625. The first-order valence-corrected chi connectivity index (χ1v) is 9.02. The average Bonchev–Trinajstić information content (AvgIpc) is 2.82. The molecule has 4 aliphatic rings. The Labute approximate surface area is 138 Å². The summed E-state index contributed by atoms with van der Waals surface area (Å²) < 4.78 is 23.5. The lowest BCUT2D eigenvalue weighted by Gasteiger charge is -2.58. The summed E-state index contributed by atoms with van der Waals surface area (Å²) in [5.41, 5.74) is -0.0451. The van der Waals surface area contributed by atoms with Gasteiger partial charge in [-0.15, -0.1) is 0 Å². The van der Waals surface area contributed by atoms with E-state index in [2.05, 4.69) is 13.8 Å². The van der Waals surface area contributed by atoms with E-state index in [1.807, 2.05) is 6.08 Å². The van der Waals surface area contributed by atoms with Gasteiger partial charge in [0.1, 0.15) is 5.78 Å². The second-order valence-corrected chi connectivity index (χ2v) is 8.79. The van der Waals surface area contributed by atoms with E-state index in [9.17, 15) is 9.90 Å². The summed E-state index contributed by atoms with van der Waals surface area (Å²) in [5, 5.41) is 10.4. The molecule has 0 heterocycles. The topological polar surface area (TPSA) is 37.3 Å². The molecule has 4 aliphatic carbocycles. The Morgan fingerprint density at radius 1 is 1.23 bits per heavy atom. The number of allylic oxidation sites excluding steroid dienone is 1. The van der Waals surface area contributed by atoms with Crippen LogP contribution in [0, 0.1) is 34.5 Å². The first-order valence-electron chi connectivity index (χ1n) is 10.5.